The predicted octanol–water partition coefficient (Wildman–Crippen LogP) is 4.00. The van der Waals surface area contributed by atoms with Gasteiger partial charge in [-0.2, -0.15) is 0 Å². The van der Waals surface area contributed by atoms with Crippen LogP contribution in [0.15, 0.2) is 59.0 Å². The number of hydrogen-bond donors (Lipinski definition) is 2. The van der Waals surface area contributed by atoms with E-state index in [9.17, 15) is 9.59 Å². The van der Waals surface area contributed by atoms with E-state index in [-0.39, 0.29) is 30.2 Å². The highest BCUT2D eigenvalue weighted by molar-refractivity contribution is 5.89. The zero-order valence-corrected chi connectivity index (χ0v) is 17.8. The Morgan fingerprint density at radius 2 is 1.73 bits per heavy atom. The number of para-hydroxylation sites is 1. The number of hydrogen-bond acceptors (Lipinski definition) is 4. The SMILES string of the molecule is COc1cccc2cc(C(C)NC(=O)C(NC(=O)Cc3ccccc3)C(C)C)oc12. The van der Waals surface area contributed by atoms with Crippen LogP contribution in [-0.2, 0) is 16.0 Å². The average Bonchev–Trinajstić information content (AvgIpc) is 3.17. The van der Waals surface area contributed by atoms with E-state index >= 15 is 0 Å². The number of nitrogens with one attached hydrogen (secondary N) is 2. The van der Waals surface area contributed by atoms with Crippen molar-refractivity contribution >= 4 is 22.8 Å². The Balaban J connectivity index is 1.67. The van der Waals surface area contributed by atoms with E-state index in [1.54, 1.807) is 7.11 Å². The van der Waals surface area contributed by atoms with Gasteiger partial charge in [-0.25, -0.2) is 0 Å². The van der Waals surface area contributed by atoms with Crippen molar-refractivity contribution in [2.45, 2.75) is 39.3 Å². The van der Waals surface area contributed by atoms with E-state index in [4.69, 9.17) is 9.15 Å². The fraction of sp³-hybridized carbons (Fsp3) is 0.333. The smallest absolute Gasteiger partial charge is 0.243 e. The van der Waals surface area contributed by atoms with Gasteiger partial charge < -0.3 is 19.8 Å². The second kappa shape index (κ2) is 9.48. The first-order valence-corrected chi connectivity index (χ1v) is 10.1. The van der Waals surface area contributed by atoms with Gasteiger partial charge in [0.25, 0.3) is 0 Å². The summed E-state index contributed by atoms with van der Waals surface area (Å²) < 4.78 is 11.3. The normalized spacial score (nSPS) is 13.1. The summed E-state index contributed by atoms with van der Waals surface area (Å²) in [7, 11) is 1.59. The molecule has 3 rings (SSSR count). The molecule has 30 heavy (non-hydrogen) atoms. The lowest BCUT2D eigenvalue weighted by Gasteiger charge is -2.23. The molecule has 0 saturated heterocycles. The number of fused-ring (bicyclic) bond motifs is 1. The monoisotopic (exact) mass is 408 g/mol. The highest BCUT2D eigenvalue weighted by atomic mass is 16.5. The molecule has 2 unspecified atom stereocenters. The Morgan fingerprint density at radius 3 is 2.40 bits per heavy atom. The van der Waals surface area contributed by atoms with Gasteiger partial charge in [0.1, 0.15) is 11.8 Å². The average molecular weight is 408 g/mol. The van der Waals surface area contributed by atoms with Crippen LogP contribution in [0, 0.1) is 5.92 Å². The lowest BCUT2D eigenvalue weighted by atomic mass is 10.0. The van der Waals surface area contributed by atoms with E-state index < -0.39 is 6.04 Å². The molecule has 158 valence electrons. The number of furan rings is 1. The second-order valence-electron chi connectivity index (χ2n) is 7.71. The zero-order valence-electron chi connectivity index (χ0n) is 17.8. The van der Waals surface area contributed by atoms with Crippen LogP contribution in [0.25, 0.3) is 11.0 Å². The first-order valence-electron chi connectivity index (χ1n) is 10.1. The first-order chi connectivity index (χ1) is 14.4. The molecule has 6 nitrogen and oxygen atoms in total. The van der Waals surface area contributed by atoms with Gasteiger partial charge in [0.05, 0.1) is 19.6 Å². The highest BCUT2D eigenvalue weighted by Crippen LogP contribution is 2.30. The van der Waals surface area contributed by atoms with Gasteiger partial charge in [0.2, 0.25) is 11.8 Å². The third-order valence-corrected chi connectivity index (χ3v) is 5.01. The molecule has 0 radical (unpaired) electrons. The summed E-state index contributed by atoms with van der Waals surface area (Å²) >= 11 is 0. The fourth-order valence-electron chi connectivity index (χ4n) is 3.35. The Hall–Kier alpha value is -3.28. The van der Waals surface area contributed by atoms with Crippen LogP contribution in [0.3, 0.4) is 0 Å². The van der Waals surface area contributed by atoms with Crippen molar-refractivity contribution in [3.05, 3.63) is 65.9 Å². The van der Waals surface area contributed by atoms with Gasteiger partial charge in [-0.05, 0) is 30.5 Å². The molecule has 1 aromatic heterocycles. The summed E-state index contributed by atoms with van der Waals surface area (Å²) in [6.07, 6.45) is 0.232. The third kappa shape index (κ3) is 5.00. The van der Waals surface area contributed by atoms with Crippen LogP contribution in [0.4, 0.5) is 0 Å². The van der Waals surface area contributed by atoms with Gasteiger partial charge in [-0.3, -0.25) is 9.59 Å². The number of rotatable bonds is 8. The van der Waals surface area contributed by atoms with Crippen LogP contribution in [0.1, 0.15) is 38.1 Å². The minimum atomic E-state index is -0.637. The number of benzene rings is 2. The Morgan fingerprint density at radius 1 is 1.00 bits per heavy atom. The largest absolute Gasteiger partial charge is 0.493 e. The lowest BCUT2D eigenvalue weighted by molar-refractivity contribution is -0.130. The maximum Gasteiger partial charge on any atom is 0.243 e. The topological polar surface area (TPSA) is 80.6 Å². The molecule has 2 atom stereocenters. The molecule has 0 bridgehead atoms. The molecule has 6 heteroatoms. The number of ether oxygens (including phenoxy) is 1. The van der Waals surface area contributed by atoms with Crippen LogP contribution in [0.5, 0.6) is 5.75 Å². The summed E-state index contributed by atoms with van der Waals surface area (Å²) in [5, 5.41) is 6.73. The van der Waals surface area contributed by atoms with E-state index in [0.717, 1.165) is 10.9 Å². The zero-order chi connectivity index (χ0) is 21.7. The van der Waals surface area contributed by atoms with Crippen molar-refractivity contribution in [3.63, 3.8) is 0 Å². The van der Waals surface area contributed by atoms with Crippen molar-refractivity contribution in [2.24, 2.45) is 5.92 Å². The molecule has 0 fully saturated rings. The van der Waals surface area contributed by atoms with Gasteiger partial charge in [0, 0.05) is 5.39 Å². The molecular formula is C24H28N2O4. The molecule has 0 aliphatic carbocycles. The number of carbonyl (C=O) groups is 2. The van der Waals surface area contributed by atoms with Crippen molar-refractivity contribution in [1.29, 1.82) is 0 Å². The number of carbonyl (C=O) groups excluding carboxylic acids is 2. The lowest BCUT2D eigenvalue weighted by Crippen LogP contribution is -2.50. The van der Waals surface area contributed by atoms with Gasteiger partial charge >= 0.3 is 0 Å². The van der Waals surface area contributed by atoms with Gasteiger partial charge in [-0.1, -0.05) is 56.3 Å². The summed E-state index contributed by atoms with van der Waals surface area (Å²) in [4.78, 5) is 25.4. The minimum Gasteiger partial charge on any atom is -0.493 e. The number of methoxy groups -OCH3 is 1. The molecular weight excluding hydrogens is 380 g/mol. The maximum absolute atomic E-state index is 12.9. The summed E-state index contributed by atoms with van der Waals surface area (Å²) in [6.45, 7) is 5.67. The molecule has 2 aromatic carbocycles. The molecule has 3 aromatic rings. The van der Waals surface area contributed by atoms with E-state index in [0.29, 0.717) is 17.1 Å². The van der Waals surface area contributed by atoms with Crippen molar-refractivity contribution in [3.8, 4) is 5.75 Å². The van der Waals surface area contributed by atoms with Gasteiger partial charge in [0.15, 0.2) is 11.3 Å². The summed E-state index contributed by atoms with van der Waals surface area (Å²) in [6, 6.07) is 16.0. The maximum atomic E-state index is 12.9. The molecule has 0 aliphatic heterocycles. The molecule has 0 saturated carbocycles. The van der Waals surface area contributed by atoms with E-state index in [1.807, 2.05) is 75.4 Å². The quantitative estimate of drug-likeness (QED) is 0.590. The molecule has 0 aliphatic rings. The summed E-state index contributed by atoms with van der Waals surface area (Å²) in [5.41, 5.74) is 1.55. The Bertz CT molecular complexity index is 1010. The highest BCUT2D eigenvalue weighted by Gasteiger charge is 2.26. The molecule has 2 amide bonds. The van der Waals surface area contributed by atoms with E-state index in [2.05, 4.69) is 10.6 Å². The Kier molecular flexibility index (Phi) is 6.77. The predicted molar refractivity (Wildman–Crippen MR) is 116 cm³/mol. The second-order valence-corrected chi connectivity index (χ2v) is 7.71. The minimum absolute atomic E-state index is 0.0623. The van der Waals surface area contributed by atoms with Crippen molar-refractivity contribution in [2.75, 3.05) is 7.11 Å². The van der Waals surface area contributed by atoms with Crippen LogP contribution in [-0.4, -0.2) is 25.0 Å². The molecule has 1 heterocycles. The van der Waals surface area contributed by atoms with Crippen LogP contribution >= 0.6 is 0 Å². The standard InChI is InChI=1S/C24H28N2O4/c1-15(2)22(26-21(27)13-17-9-6-5-7-10-17)24(28)25-16(3)20-14-18-11-8-12-19(29-4)23(18)30-20/h5-12,14-16,22H,13H2,1-4H3,(H,25,28)(H,26,27). The first kappa shape index (κ1) is 21.4. The number of amides is 2. The van der Waals surface area contributed by atoms with Crippen LogP contribution in [0.2, 0.25) is 0 Å². The van der Waals surface area contributed by atoms with Crippen LogP contribution < -0.4 is 15.4 Å². The van der Waals surface area contributed by atoms with Crippen molar-refractivity contribution in [1.82, 2.24) is 10.6 Å². The van der Waals surface area contributed by atoms with E-state index in [1.165, 1.54) is 0 Å². The third-order valence-electron chi connectivity index (χ3n) is 5.01. The van der Waals surface area contributed by atoms with Crippen molar-refractivity contribution < 1.29 is 18.7 Å². The Labute approximate surface area is 176 Å². The molecule has 0 spiro atoms. The summed E-state index contributed by atoms with van der Waals surface area (Å²) in [5.74, 6) is 0.779. The fourth-order valence-corrected chi connectivity index (χ4v) is 3.35. The molecule has 2 N–H and O–H groups in total. The van der Waals surface area contributed by atoms with Gasteiger partial charge in [-0.15, -0.1) is 0 Å².